The van der Waals surface area contributed by atoms with Crippen molar-refractivity contribution in [1.29, 1.82) is 0 Å². The van der Waals surface area contributed by atoms with Gasteiger partial charge in [0, 0.05) is 17.2 Å². The van der Waals surface area contributed by atoms with E-state index >= 15 is 0 Å². The first-order chi connectivity index (χ1) is 11.0. The molecule has 3 N–H and O–H groups in total. The molecule has 0 saturated carbocycles. The van der Waals surface area contributed by atoms with Gasteiger partial charge in [-0.15, -0.1) is 0 Å². The maximum atomic E-state index is 12.5. The van der Waals surface area contributed by atoms with Gasteiger partial charge in [-0.05, 0) is 6.92 Å². The molecule has 4 atom stereocenters. The van der Waals surface area contributed by atoms with Crippen LogP contribution in [0.2, 0.25) is 0 Å². The first kappa shape index (κ1) is 18.8. The second kappa shape index (κ2) is 6.41. The number of halogens is 2. The van der Waals surface area contributed by atoms with Gasteiger partial charge in [0.15, 0.2) is 11.1 Å². The summed E-state index contributed by atoms with van der Waals surface area (Å²) in [6.07, 6.45) is -4.04. The predicted molar refractivity (Wildman–Crippen MR) is 90.3 cm³/mol. The highest BCUT2D eigenvalue weighted by molar-refractivity contribution is 6.39. The van der Waals surface area contributed by atoms with Gasteiger partial charge in [-0.2, -0.15) is 0 Å². The molecule has 0 radical (unpaired) electrons. The van der Waals surface area contributed by atoms with E-state index < -0.39 is 46.6 Å². The first-order valence-corrected chi connectivity index (χ1v) is 7.53. The zero-order valence-electron chi connectivity index (χ0n) is 13.3. The van der Waals surface area contributed by atoms with E-state index in [1.165, 1.54) is 22.6 Å². The van der Waals surface area contributed by atoms with Crippen LogP contribution in [-0.4, -0.2) is 64.6 Å². The standard InChI is InChI=1S/C13H16B2ClFN2O5/c1-6-5-7(20)18-11(22)19(6)10-12(16,3-2-4-17)8(21)9(24-10)13(14,15)23/h5,8-10,21,23H,4,14-15H2,1H3,(H,18,20,22)/t8?,9?,10-,12-/m1/s1. The molecule has 2 unspecified atom stereocenters. The van der Waals surface area contributed by atoms with Crippen molar-refractivity contribution in [3.8, 4) is 11.8 Å². The summed E-state index contributed by atoms with van der Waals surface area (Å²) >= 11 is 6.41. The number of hydrogen-bond acceptors (Lipinski definition) is 5. The molecule has 1 aliphatic heterocycles. The molecule has 7 nitrogen and oxygen atoms in total. The zero-order valence-corrected chi connectivity index (χ0v) is 14.1. The van der Waals surface area contributed by atoms with Crippen LogP contribution in [0.15, 0.2) is 15.7 Å². The Kier molecular flexibility index (Phi) is 5.02. The van der Waals surface area contributed by atoms with Gasteiger partial charge in [0.25, 0.3) is 5.56 Å². The van der Waals surface area contributed by atoms with Crippen molar-refractivity contribution in [2.45, 2.75) is 35.6 Å². The summed E-state index contributed by atoms with van der Waals surface area (Å²) in [5.41, 5.74) is -1.22. The molecule has 1 saturated heterocycles. The van der Waals surface area contributed by atoms with Gasteiger partial charge in [-0.25, -0.2) is 9.18 Å². The van der Waals surface area contributed by atoms with Crippen LogP contribution in [0.25, 0.3) is 0 Å². The Balaban J connectivity index is 2.66. The zero-order chi connectivity index (χ0) is 18.3. The predicted octanol–water partition coefficient (Wildman–Crippen LogP) is -3.03. The third-order valence-electron chi connectivity index (χ3n) is 3.80. The second-order valence-electron chi connectivity index (χ2n) is 6.16. The van der Waals surface area contributed by atoms with E-state index in [2.05, 4.69) is 16.8 Å². The molecule has 2 rings (SSSR count). The van der Waals surface area contributed by atoms with Crippen LogP contribution in [0.3, 0.4) is 0 Å². The molecule has 1 aromatic heterocycles. The Morgan fingerprint density at radius 3 is 2.71 bits per heavy atom. The molecule has 0 amide bonds. The third kappa shape index (κ3) is 3.17. The lowest BCUT2D eigenvalue weighted by molar-refractivity contribution is -0.0737. The normalized spacial score (nSPS) is 30.0. The van der Waals surface area contributed by atoms with E-state index in [0.717, 1.165) is 10.6 Å². The maximum Gasteiger partial charge on any atom is 0.330 e. The van der Waals surface area contributed by atoms with Crippen LogP contribution in [0.1, 0.15) is 11.9 Å². The van der Waals surface area contributed by atoms with Crippen LogP contribution in [0.5, 0.6) is 0 Å². The van der Waals surface area contributed by atoms with Gasteiger partial charge in [0.2, 0.25) is 0 Å². The molecule has 0 bridgehead atoms. The topological polar surface area (TPSA) is 105 Å². The Morgan fingerprint density at radius 2 is 2.21 bits per heavy atom. The van der Waals surface area contributed by atoms with Crippen molar-refractivity contribution in [2.75, 3.05) is 6.67 Å². The number of H-pyrrole nitrogens is 1. The van der Waals surface area contributed by atoms with Gasteiger partial charge in [0.1, 0.15) is 34.6 Å². The number of nitrogens with zero attached hydrogens (tertiary/aromatic N) is 1. The smallest absolute Gasteiger partial charge is 0.330 e. The lowest BCUT2D eigenvalue weighted by atomic mass is 9.60. The maximum absolute atomic E-state index is 12.5. The van der Waals surface area contributed by atoms with Crippen LogP contribution in [-0.2, 0) is 4.74 Å². The minimum atomic E-state index is -1.89. The van der Waals surface area contributed by atoms with Crippen LogP contribution in [0, 0.1) is 18.8 Å². The Hall–Kier alpha value is -1.53. The summed E-state index contributed by atoms with van der Waals surface area (Å²) in [6.45, 7) is 0.463. The number of hydrogen-bond donors (Lipinski definition) is 3. The van der Waals surface area contributed by atoms with E-state index in [4.69, 9.17) is 16.3 Å². The molecule has 2 heterocycles. The Bertz CT molecular complexity index is 812. The summed E-state index contributed by atoms with van der Waals surface area (Å²) in [6, 6.07) is 1.15. The molecule has 0 aliphatic carbocycles. The number of rotatable bonds is 2. The lowest BCUT2D eigenvalue weighted by Gasteiger charge is -2.29. The number of aromatic nitrogens is 2. The molecule has 1 fully saturated rings. The van der Waals surface area contributed by atoms with E-state index in [1.807, 2.05) is 0 Å². The molecule has 128 valence electrons. The molecule has 11 heteroatoms. The summed E-state index contributed by atoms with van der Waals surface area (Å²) in [4.78, 5) is 23.7. The number of aryl methyl sites for hydroxylation is 1. The number of nitrogens with one attached hydrogen (secondary N) is 1. The Morgan fingerprint density at radius 1 is 1.58 bits per heavy atom. The lowest BCUT2D eigenvalue weighted by Crippen LogP contribution is -2.52. The van der Waals surface area contributed by atoms with E-state index in [1.54, 1.807) is 0 Å². The summed E-state index contributed by atoms with van der Waals surface area (Å²) in [5, 5.41) is 19.2. The summed E-state index contributed by atoms with van der Waals surface area (Å²) in [7, 11) is 2.79. The number of alkyl halides is 2. The van der Waals surface area contributed by atoms with Crippen LogP contribution >= 0.6 is 11.6 Å². The third-order valence-corrected chi connectivity index (χ3v) is 4.30. The fourth-order valence-corrected chi connectivity index (χ4v) is 3.03. The van der Waals surface area contributed by atoms with Gasteiger partial charge in [-0.3, -0.25) is 14.3 Å². The van der Waals surface area contributed by atoms with Gasteiger partial charge >= 0.3 is 5.69 Å². The quantitative estimate of drug-likeness (QED) is 0.297. The fraction of sp³-hybridized carbons (Fsp3) is 0.538. The van der Waals surface area contributed by atoms with Crippen molar-refractivity contribution in [3.05, 3.63) is 32.6 Å². The minimum Gasteiger partial charge on any atom is -0.405 e. The van der Waals surface area contributed by atoms with E-state index in [-0.39, 0.29) is 5.69 Å². The molecule has 0 aromatic carbocycles. The second-order valence-corrected chi connectivity index (χ2v) is 6.79. The summed E-state index contributed by atoms with van der Waals surface area (Å²) < 4.78 is 19.1. The highest BCUT2D eigenvalue weighted by Crippen LogP contribution is 2.45. The largest absolute Gasteiger partial charge is 0.405 e. The molecular formula is C13H16B2ClFN2O5. The number of aliphatic hydroxyl groups is 2. The van der Waals surface area contributed by atoms with E-state index in [0.29, 0.717) is 0 Å². The van der Waals surface area contributed by atoms with Crippen LogP contribution in [0.4, 0.5) is 4.39 Å². The molecular weight excluding hydrogens is 340 g/mol. The van der Waals surface area contributed by atoms with Crippen molar-refractivity contribution >= 4 is 27.3 Å². The van der Waals surface area contributed by atoms with Crippen molar-refractivity contribution in [2.24, 2.45) is 0 Å². The van der Waals surface area contributed by atoms with Crippen LogP contribution < -0.4 is 11.2 Å². The SMILES string of the molecule is BC(B)(O)C1O[C@@H](n2c(C)cc(=O)[nH]c2=O)[C@@](Cl)(C#CCF)C1O. The average Bonchev–Trinajstić information content (AvgIpc) is 2.69. The van der Waals surface area contributed by atoms with Gasteiger partial charge < -0.3 is 14.9 Å². The minimum absolute atomic E-state index is 0.212. The number of aliphatic hydroxyl groups excluding tert-OH is 1. The van der Waals surface area contributed by atoms with Crippen molar-refractivity contribution in [1.82, 2.24) is 9.55 Å². The highest BCUT2D eigenvalue weighted by Gasteiger charge is 2.59. The van der Waals surface area contributed by atoms with Gasteiger partial charge in [0.05, 0.1) is 0 Å². The summed E-state index contributed by atoms with van der Waals surface area (Å²) in [5.74, 6) is 4.51. The first-order valence-electron chi connectivity index (χ1n) is 7.15. The Labute approximate surface area is 143 Å². The highest BCUT2D eigenvalue weighted by atomic mass is 35.5. The van der Waals surface area contributed by atoms with Crippen molar-refractivity contribution in [3.63, 3.8) is 0 Å². The molecule has 24 heavy (non-hydrogen) atoms. The molecule has 1 aliphatic rings. The monoisotopic (exact) mass is 356 g/mol. The average molecular weight is 356 g/mol. The number of aromatic amines is 1. The number of ether oxygens (including phenoxy) is 1. The molecule has 1 aromatic rings. The van der Waals surface area contributed by atoms with E-state index in [9.17, 15) is 24.2 Å². The fourth-order valence-electron chi connectivity index (χ4n) is 2.70. The van der Waals surface area contributed by atoms with Crippen molar-refractivity contribution < 1.29 is 19.3 Å². The molecule has 0 spiro atoms. The van der Waals surface area contributed by atoms with Gasteiger partial charge in [-0.1, -0.05) is 23.4 Å².